The molecule has 2 aliphatic rings. The average Bonchev–Trinajstić information content (AvgIpc) is 3.16. The summed E-state index contributed by atoms with van der Waals surface area (Å²) >= 11 is 0. The number of hydrogen-bond donors (Lipinski definition) is 3. The predicted molar refractivity (Wildman–Crippen MR) is 133 cm³/mol. The number of nitrogens with one attached hydrogen (secondary N) is 2. The van der Waals surface area contributed by atoms with E-state index in [0.717, 1.165) is 41.5 Å². The van der Waals surface area contributed by atoms with E-state index < -0.39 is 23.1 Å². The largest absolute Gasteiger partial charge is 0.481 e. The molecule has 35 heavy (non-hydrogen) atoms. The minimum absolute atomic E-state index is 0.0732. The topological polar surface area (TPSA) is 105 Å². The third-order valence-electron chi connectivity index (χ3n) is 7.61. The van der Waals surface area contributed by atoms with Gasteiger partial charge in [-0.3, -0.25) is 9.59 Å². The molecule has 0 bridgehead atoms. The number of alkyl carbamates (subject to hydrolysis) is 1. The van der Waals surface area contributed by atoms with Crippen LogP contribution in [-0.4, -0.2) is 40.8 Å². The van der Waals surface area contributed by atoms with Gasteiger partial charge in [0.15, 0.2) is 0 Å². The minimum atomic E-state index is -1.22. The van der Waals surface area contributed by atoms with Crippen LogP contribution in [0.1, 0.15) is 75.8 Å². The quantitative estimate of drug-likeness (QED) is 0.496. The van der Waals surface area contributed by atoms with Crippen LogP contribution in [0.25, 0.3) is 11.1 Å². The normalized spacial score (nSPS) is 18.0. The van der Waals surface area contributed by atoms with Crippen molar-refractivity contribution in [2.75, 3.05) is 6.61 Å². The summed E-state index contributed by atoms with van der Waals surface area (Å²) in [6.07, 6.45) is 3.57. The molecule has 1 atom stereocenters. The first-order chi connectivity index (χ1) is 16.8. The summed E-state index contributed by atoms with van der Waals surface area (Å²) < 4.78 is 5.64. The summed E-state index contributed by atoms with van der Waals surface area (Å²) in [6, 6.07) is 16.2. The SMILES string of the molecule is CCC(C)(NC(=O)OCC1c2ccccc2-c2ccccc21)C(=O)NC1(CC(=O)O)CCCCC1. The van der Waals surface area contributed by atoms with Crippen LogP contribution in [-0.2, 0) is 14.3 Å². The highest BCUT2D eigenvalue weighted by atomic mass is 16.5. The molecule has 1 saturated carbocycles. The molecule has 0 aromatic heterocycles. The summed E-state index contributed by atoms with van der Waals surface area (Å²) in [5, 5.41) is 15.2. The fraction of sp³-hybridized carbons (Fsp3) is 0.464. The zero-order valence-corrected chi connectivity index (χ0v) is 20.4. The third kappa shape index (κ3) is 5.19. The van der Waals surface area contributed by atoms with E-state index in [0.29, 0.717) is 19.3 Å². The van der Waals surface area contributed by atoms with Crippen LogP contribution in [0.4, 0.5) is 4.79 Å². The number of fused-ring (bicyclic) bond motifs is 3. The maximum Gasteiger partial charge on any atom is 0.408 e. The van der Waals surface area contributed by atoms with Crippen molar-refractivity contribution >= 4 is 18.0 Å². The predicted octanol–water partition coefficient (Wildman–Crippen LogP) is 4.99. The molecule has 2 aromatic carbocycles. The number of ether oxygens (including phenoxy) is 1. The van der Waals surface area contributed by atoms with Gasteiger partial charge in [-0.25, -0.2) is 4.79 Å². The summed E-state index contributed by atoms with van der Waals surface area (Å²) in [6.45, 7) is 3.62. The Morgan fingerprint density at radius 2 is 1.57 bits per heavy atom. The second-order valence-corrected chi connectivity index (χ2v) is 10.0. The number of carbonyl (C=O) groups excluding carboxylic acids is 2. The highest BCUT2D eigenvalue weighted by molar-refractivity contribution is 5.90. The molecule has 0 aliphatic heterocycles. The van der Waals surface area contributed by atoms with Gasteiger partial charge in [0.25, 0.3) is 0 Å². The van der Waals surface area contributed by atoms with Gasteiger partial charge in [0.1, 0.15) is 12.1 Å². The molecule has 0 spiro atoms. The van der Waals surface area contributed by atoms with Crippen LogP contribution >= 0.6 is 0 Å². The maximum atomic E-state index is 13.3. The van der Waals surface area contributed by atoms with E-state index in [1.807, 2.05) is 31.2 Å². The van der Waals surface area contributed by atoms with Crippen LogP contribution in [0.2, 0.25) is 0 Å². The summed E-state index contributed by atoms with van der Waals surface area (Å²) in [5.41, 5.74) is 2.53. The zero-order valence-electron chi connectivity index (χ0n) is 20.4. The van der Waals surface area contributed by atoms with Gasteiger partial charge < -0.3 is 20.5 Å². The second kappa shape index (κ2) is 10.1. The van der Waals surface area contributed by atoms with E-state index in [4.69, 9.17) is 4.74 Å². The lowest BCUT2D eigenvalue weighted by Crippen LogP contribution is -2.62. The number of benzene rings is 2. The first-order valence-corrected chi connectivity index (χ1v) is 12.4. The maximum absolute atomic E-state index is 13.3. The Morgan fingerprint density at radius 3 is 2.11 bits per heavy atom. The van der Waals surface area contributed by atoms with Crippen molar-refractivity contribution in [3.63, 3.8) is 0 Å². The Kier molecular flexibility index (Phi) is 7.15. The second-order valence-electron chi connectivity index (χ2n) is 10.0. The monoisotopic (exact) mass is 478 g/mol. The zero-order chi connectivity index (χ0) is 25.1. The standard InChI is InChI=1S/C28H34N2O5/c1-3-27(2,25(33)29-28(17-24(31)32)15-9-4-10-16-28)30-26(34)35-18-23-21-13-7-5-11-19(21)20-12-6-8-14-22(20)23/h5-8,11-14,23H,3-4,9-10,15-18H2,1-2H3,(H,29,33)(H,30,34)(H,31,32). The molecule has 2 aliphatic carbocycles. The number of carbonyl (C=O) groups is 3. The van der Waals surface area contributed by atoms with E-state index >= 15 is 0 Å². The molecule has 3 N–H and O–H groups in total. The van der Waals surface area contributed by atoms with Crippen molar-refractivity contribution < 1.29 is 24.2 Å². The van der Waals surface area contributed by atoms with Crippen molar-refractivity contribution in [3.8, 4) is 11.1 Å². The minimum Gasteiger partial charge on any atom is -0.481 e. The van der Waals surface area contributed by atoms with Gasteiger partial charge in [-0.15, -0.1) is 0 Å². The Labute approximate surface area is 206 Å². The van der Waals surface area contributed by atoms with Crippen molar-refractivity contribution in [1.82, 2.24) is 10.6 Å². The lowest BCUT2D eigenvalue weighted by molar-refractivity contribution is -0.140. The van der Waals surface area contributed by atoms with Gasteiger partial charge in [0.05, 0.1) is 12.0 Å². The number of rotatable bonds is 8. The number of hydrogen-bond acceptors (Lipinski definition) is 4. The van der Waals surface area contributed by atoms with Crippen LogP contribution in [0.15, 0.2) is 48.5 Å². The highest BCUT2D eigenvalue weighted by Gasteiger charge is 2.42. The van der Waals surface area contributed by atoms with E-state index in [1.54, 1.807) is 6.92 Å². The van der Waals surface area contributed by atoms with Crippen LogP contribution < -0.4 is 10.6 Å². The Bertz CT molecular complexity index is 1060. The molecule has 2 aromatic rings. The average molecular weight is 479 g/mol. The molecular formula is C28H34N2O5. The van der Waals surface area contributed by atoms with E-state index in [-0.39, 0.29) is 24.9 Å². The summed E-state index contributed by atoms with van der Waals surface area (Å²) in [4.78, 5) is 37.6. The summed E-state index contributed by atoms with van der Waals surface area (Å²) in [7, 11) is 0. The molecule has 1 unspecified atom stereocenters. The molecule has 0 radical (unpaired) electrons. The number of carboxylic acids is 1. The van der Waals surface area contributed by atoms with E-state index in [1.165, 1.54) is 0 Å². The first kappa shape index (κ1) is 24.8. The Hall–Kier alpha value is -3.35. The molecule has 0 heterocycles. The molecule has 7 nitrogen and oxygen atoms in total. The fourth-order valence-electron chi connectivity index (χ4n) is 5.41. The van der Waals surface area contributed by atoms with E-state index in [9.17, 15) is 19.5 Å². The highest BCUT2D eigenvalue weighted by Crippen LogP contribution is 2.44. The number of amides is 2. The van der Waals surface area contributed by atoms with Crippen LogP contribution in [0.3, 0.4) is 0 Å². The van der Waals surface area contributed by atoms with Gasteiger partial charge >= 0.3 is 12.1 Å². The van der Waals surface area contributed by atoms with E-state index in [2.05, 4.69) is 34.9 Å². The molecule has 0 saturated heterocycles. The van der Waals surface area contributed by atoms with Gasteiger partial charge in [-0.05, 0) is 48.4 Å². The van der Waals surface area contributed by atoms with Gasteiger partial charge in [0, 0.05) is 5.92 Å². The van der Waals surface area contributed by atoms with Crippen molar-refractivity contribution in [2.24, 2.45) is 0 Å². The summed E-state index contributed by atoms with van der Waals surface area (Å²) in [5.74, 6) is -1.39. The smallest absolute Gasteiger partial charge is 0.408 e. The Morgan fingerprint density at radius 1 is 1.00 bits per heavy atom. The lowest BCUT2D eigenvalue weighted by atomic mass is 9.78. The number of aliphatic carboxylic acids is 1. The number of carboxylic acid groups (broad SMARTS) is 1. The molecule has 186 valence electrons. The van der Waals surface area contributed by atoms with Crippen LogP contribution in [0.5, 0.6) is 0 Å². The first-order valence-electron chi connectivity index (χ1n) is 12.4. The van der Waals surface area contributed by atoms with Gasteiger partial charge in [-0.1, -0.05) is 74.7 Å². The third-order valence-corrected chi connectivity index (χ3v) is 7.61. The van der Waals surface area contributed by atoms with Crippen LogP contribution in [0, 0.1) is 0 Å². The molecule has 7 heteroatoms. The van der Waals surface area contributed by atoms with Crippen molar-refractivity contribution in [2.45, 2.75) is 75.8 Å². The lowest BCUT2D eigenvalue weighted by Gasteiger charge is -2.40. The van der Waals surface area contributed by atoms with Crippen molar-refractivity contribution in [1.29, 1.82) is 0 Å². The van der Waals surface area contributed by atoms with Gasteiger partial charge in [0.2, 0.25) is 5.91 Å². The Balaban J connectivity index is 1.43. The molecular weight excluding hydrogens is 444 g/mol. The molecule has 4 rings (SSSR count). The molecule has 1 fully saturated rings. The van der Waals surface area contributed by atoms with Crippen molar-refractivity contribution in [3.05, 3.63) is 59.7 Å². The van der Waals surface area contributed by atoms with Gasteiger partial charge in [-0.2, -0.15) is 0 Å². The molecule has 2 amide bonds. The fourth-order valence-corrected chi connectivity index (χ4v) is 5.41.